The molecule has 1 fully saturated rings. The number of piperidine rings is 1. The summed E-state index contributed by atoms with van der Waals surface area (Å²) >= 11 is 0. The second kappa shape index (κ2) is 5.52. The number of hydrogen-bond donors (Lipinski definition) is 2. The van der Waals surface area contributed by atoms with E-state index in [1.165, 1.54) is 6.07 Å². The van der Waals surface area contributed by atoms with Crippen LogP contribution in [0.4, 0.5) is 14.5 Å². The summed E-state index contributed by atoms with van der Waals surface area (Å²) in [6, 6.07) is 2.40. The Labute approximate surface area is 110 Å². The largest absolute Gasteiger partial charge is 0.478 e. The molecule has 0 amide bonds. The van der Waals surface area contributed by atoms with Gasteiger partial charge in [0.05, 0.1) is 11.3 Å². The van der Waals surface area contributed by atoms with Crippen molar-refractivity contribution in [3.05, 3.63) is 29.3 Å². The number of benzene rings is 1. The van der Waals surface area contributed by atoms with Crippen LogP contribution in [0.3, 0.4) is 0 Å². The molecule has 1 aromatic carbocycles. The molecular weight excluding hydrogens is 254 g/mol. The highest BCUT2D eigenvalue weighted by molar-refractivity contribution is 5.88. The lowest BCUT2D eigenvalue weighted by molar-refractivity contribution is 0.0690. The third-order valence-electron chi connectivity index (χ3n) is 3.30. The van der Waals surface area contributed by atoms with Crippen LogP contribution in [0.15, 0.2) is 12.1 Å². The first-order valence-corrected chi connectivity index (χ1v) is 6.15. The first-order valence-electron chi connectivity index (χ1n) is 6.15. The molecule has 0 bridgehead atoms. The van der Waals surface area contributed by atoms with Crippen molar-refractivity contribution in [3.8, 4) is 0 Å². The number of likely N-dealkylation sites (tertiary alicyclic amines) is 1. The zero-order chi connectivity index (χ0) is 14.0. The Balaban J connectivity index is 2.17. The predicted octanol–water partition coefficient (Wildman–Crippen LogP) is 2.17. The molecule has 4 nitrogen and oxygen atoms in total. The maximum Gasteiger partial charge on any atom is 0.338 e. The molecule has 19 heavy (non-hydrogen) atoms. The summed E-state index contributed by atoms with van der Waals surface area (Å²) < 4.78 is 27.3. The van der Waals surface area contributed by atoms with Gasteiger partial charge in [-0.25, -0.2) is 13.6 Å². The third-order valence-corrected chi connectivity index (χ3v) is 3.30. The second-order valence-electron chi connectivity index (χ2n) is 4.84. The molecule has 1 saturated heterocycles. The highest BCUT2D eigenvalue weighted by Gasteiger charge is 2.21. The molecule has 1 heterocycles. The van der Waals surface area contributed by atoms with Crippen LogP contribution in [0, 0.1) is 11.6 Å². The van der Waals surface area contributed by atoms with Gasteiger partial charge >= 0.3 is 5.97 Å². The number of halogens is 2. The van der Waals surface area contributed by atoms with Gasteiger partial charge in [0, 0.05) is 12.6 Å². The van der Waals surface area contributed by atoms with Gasteiger partial charge in [-0.05, 0) is 38.6 Å². The standard InChI is InChI=1S/C13H16F2N2O2/c1-17-6-2-3-8(7-17)16-10-5-4-9(13(18)19)11(14)12(10)15/h4-5,8,16H,2-3,6-7H2,1H3,(H,18,19). The van der Waals surface area contributed by atoms with Crippen molar-refractivity contribution in [3.63, 3.8) is 0 Å². The average Bonchev–Trinajstić information content (AvgIpc) is 2.35. The maximum atomic E-state index is 13.8. The van der Waals surface area contributed by atoms with Crippen molar-refractivity contribution < 1.29 is 18.7 Å². The number of nitrogens with one attached hydrogen (secondary N) is 1. The fraction of sp³-hybridized carbons (Fsp3) is 0.462. The first kappa shape index (κ1) is 13.7. The summed E-state index contributed by atoms with van der Waals surface area (Å²) in [7, 11) is 1.97. The van der Waals surface area contributed by atoms with E-state index < -0.39 is 23.2 Å². The van der Waals surface area contributed by atoms with Crippen LogP contribution in [-0.2, 0) is 0 Å². The van der Waals surface area contributed by atoms with Gasteiger partial charge in [0.25, 0.3) is 0 Å². The molecule has 2 N–H and O–H groups in total. The van der Waals surface area contributed by atoms with E-state index in [0.717, 1.165) is 32.0 Å². The van der Waals surface area contributed by atoms with E-state index in [2.05, 4.69) is 10.2 Å². The third kappa shape index (κ3) is 3.01. The molecule has 0 radical (unpaired) electrons. The van der Waals surface area contributed by atoms with Crippen LogP contribution in [-0.4, -0.2) is 42.2 Å². The Morgan fingerprint density at radius 3 is 2.79 bits per heavy atom. The van der Waals surface area contributed by atoms with Crippen LogP contribution in [0.5, 0.6) is 0 Å². The number of hydrogen-bond acceptors (Lipinski definition) is 3. The molecule has 1 atom stereocenters. The van der Waals surface area contributed by atoms with E-state index in [4.69, 9.17) is 5.11 Å². The van der Waals surface area contributed by atoms with Crippen LogP contribution >= 0.6 is 0 Å². The fourth-order valence-electron chi connectivity index (χ4n) is 2.33. The topological polar surface area (TPSA) is 52.6 Å². The van der Waals surface area contributed by atoms with Crippen molar-refractivity contribution in [2.75, 3.05) is 25.5 Å². The second-order valence-corrected chi connectivity index (χ2v) is 4.84. The first-order chi connectivity index (χ1) is 8.99. The number of aromatic carboxylic acids is 1. The van der Waals surface area contributed by atoms with Crippen LogP contribution < -0.4 is 5.32 Å². The smallest absolute Gasteiger partial charge is 0.338 e. The van der Waals surface area contributed by atoms with Crippen LogP contribution in [0.2, 0.25) is 0 Å². The number of likely N-dealkylation sites (N-methyl/N-ethyl adjacent to an activating group) is 1. The molecule has 0 aromatic heterocycles. The van der Waals surface area contributed by atoms with Crippen molar-refractivity contribution in [2.45, 2.75) is 18.9 Å². The summed E-state index contributed by atoms with van der Waals surface area (Å²) in [5, 5.41) is 11.6. The van der Waals surface area contributed by atoms with Gasteiger partial charge in [0.15, 0.2) is 11.6 Å². The van der Waals surface area contributed by atoms with Crippen LogP contribution in [0.25, 0.3) is 0 Å². The lowest BCUT2D eigenvalue weighted by Crippen LogP contribution is -2.39. The molecule has 1 unspecified atom stereocenters. The Morgan fingerprint density at radius 1 is 1.42 bits per heavy atom. The van der Waals surface area contributed by atoms with Gasteiger partial charge in [0.2, 0.25) is 0 Å². The van der Waals surface area contributed by atoms with E-state index in [1.807, 2.05) is 7.05 Å². The number of carboxylic acids is 1. The summed E-state index contributed by atoms with van der Waals surface area (Å²) in [6.07, 6.45) is 1.87. The van der Waals surface area contributed by atoms with E-state index >= 15 is 0 Å². The summed E-state index contributed by atoms with van der Waals surface area (Å²) in [5.74, 6) is -3.92. The molecule has 1 aliphatic heterocycles. The molecule has 0 saturated carbocycles. The quantitative estimate of drug-likeness (QED) is 0.884. The molecule has 1 aromatic rings. The van der Waals surface area contributed by atoms with Crippen molar-refractivity contribution in [1.29, 1.82) is 0 Å². The minimum absolute atomic E-state index is 0.0165. The fourth-order valence-corrected chi connectivity index (χ4v) is 2.33. The predicted molar refractivity (Wildman–Crippen MR) is 67.5 cm³/mol. The number of carboxylic acid groups (broad SMARTS) is 1. The lowest BCUT2D eigenvalue weighted by atomic mass is 10.1. The van der Waals surface area contributed by atoms with Gasteiger partial charge in [-0.2, -0.15) is 0 Å². The average molecular weight is 270 g/mol. The molecule has 0 spiro atoms. The molecule has 0 aliphatic carbocycles. The van der Waals surface area contributed by atoms with E-state index in [1.54, 1.807) is 0 Å². The minimum atomic E-state index is -1.47. The lowest BCUT2D eigenvalue weighted by Gasteiger charge is -2.31. The van der Waals surface area contributed by atoms with Gasteiger partial charge in [-0.15, -0.1) is 0 Å². The number of anilines is 1. The minimum Gasteiger partial charge on any atom is -0.478 e. The highest BCUT2D eigenvalue weighted by atomic mass is 19.2. The molecular formula is C13H16F2N2O2. The van der Waals surface area contributed by atoms with Crippen LogP contribution in [0.1, 0.15) is 23.2 Å². The number of rotatable bonds is 3. The zero-order valence-corrected chi connectivity index (χ0v) is 10.6. The SMILES string of the molecule is CN1CCCC(Nc2ccc(C(=O)O)c(F)c2F)C1. The molecule has 1 aliphatic rings. The molecule has 2 rings (SSSR count). The Bertz CT molecular complexity index is 494. The maximum absolute atomic E-state index is 13.8. The number of carbonyl (C=O) groups is 1. The number of nitrogens with zero attached hydrogens (tertiary/aromatic N) is 1. The van der Waals surface area contributed by atoms with Gasteiger partial charge < -0.3 is 15.3 Å². The molecule has 104 valence electrons. The van der Waals surface area contributed by atoms with E-state index in [-0.39, 0.29) is 11.7 Å². The van der Waals surface area contributed by atoms with Gasteiger partial charge in [-0.1, -0.05) is 0 Å². The summed E-state index contributed by atoms with van der Waals surface area (Å²) in [6.45, 7) is 1.74. The van der Waals surface area contributed by atoms with E-state index in [9.17, 15) is 13.6 Å². The molecule has 6 heteroatoms. The Hall–Kier alpha value is -1.69. The van der Waals surface area contributed by atoms with Gasteiger partial charge in [0.1, 0.15) is 0 Å². The monoisotopic (exact) mass is 270 g/mol. The van der Waals surface area contributed by atoms with Gasteiger partial charge in [-0.3, -0.25) is 0 Å². The summed E-state index contributed by atoms with van der Waals surface area (Å²) in [4.78, 5) is 12.8. The normalized spacial score (nSPS) is 20.3. The van der Waals surface area contributed by atoms with E-state index in [0.29, 0.717) is 0 Å². The van der Waals surface area contributed by atoms with Crippen molar-refractivity contribution in [1.82, 2.24) is 4.90 Å². The van der Waals surface area contributed by atoms with Crippen molar-refractivity contribution >= 4 is 11.7 Å². The van der Waals surface area contributed by atoms with Crippen molar-refractivity contribution in [2.24, 2.45) is 0 Å². The zero-order valence-electron chi connectivity index (χ0n) is 10.6. The summed E-state index contributed by atoms with van der Waals surface area (Å²) in [5.41, 5.74) is -0.633. The Kier molecular flexibility index (Phi) is 3.99. The highest BCUT2D eigenvalue weighted by Crippen LogP contribution is 2.23. The Morgan fingerprint density at radius 2 is 2.16 bits per heavy atom.